The summed E-state index contributed by atoms with van der Waals surface area (Å²) in [5.41, 5.74) is 6.79. The van der Waals surface area contributed by atoms with E-state index in [2.05, 4.69) is 34.3 Å². The molecule has 0 fully saturated rings. The van der Waals surface area contributed by atoms with Gasteiger partial charge in [0.1, 0.15) is 18.0 Å². The zero-order valence-electron chi connectivity index (χ0n) is 9.09. The summed E-state index contributed by atoms with van der Waals surface area (Å²) < 4.78 is 0. The van der Waals surface area contributed by atoms with Crippen LogP contribution in [0.1, 0.15) is 18.5 Å². The van der Waals surface area contributed by atoms with E-state index in [1.54, 1.807) is 6.07 Å². The van der Waals surface area contributed by atoms with E-state index in [1.807, 2.05) is 18.2 Å². The third-order valence-corrected chi connectivity index (χ3v) is 2.35. The molecule has 0 amide bonds. The Kier molecular flexibility index (Phi) is 3.00. The third kappa shape index (κ3) is 2.48. The molecule has 0 bridgehead atoms. The van der Waals surface area contributed by atoms with Gasteiger partial charge in [-0.15, -0.1) is 0 Å². The molecule has 0 aliphatic carbocycles. The number of benzene rings is 1. The second kappa shape index (κ2) is 4.61. The number of hydrogen-bond acceptors (Lipinski definition) is 4. The molecule has 3 N–H and O–H groups in total. The molecule has 2 aromatic rings. The molecular weight excluding hydrogens is 200 g/mol. The highest BCUT2D eigenvalue weighted by Gasteiger charge is 2.05. The second-order valence-electron chi connectivity index (χ2n) is 3.60. The molecule has 1 atom stereocenters. The lowest BCUT2D eigenvalue weighted by Crippen LogP contribution is -2.08. The van der Waals surface area contributed by atoms with Gasteiger partial charge in [0.15, 0.2) is 0 Å². The maximum absolute atomic E-state index is 5.58. The molecule has 0 saturated carbocycles. The van der Waals surface area contributed by atoms with E-state index in [1.165, 1.54) is 11.9 Å². The molecule has 16 heavy (non-hydrogen) atoms. The Hall–Kier alpha value is -2.10. The van der Waals surface area contributed by atoms with Gasteiger partial charge in [-0.2, -0.15) is 0 Å². The summed E-state index contributed by atoms with van der Waals surface area (Å²) in [4.78, 5) is 7.95. The monoisotopic (exact) mass is 214 g/mol. The minimum atomic E-state index is 0.190. The van der Waals surface area contributed by atoms with Crippen molar-refractivity contribution in [3.05, 3.63) is 48.3 Å². The average molecular weight is 214 g/mol. The number of nitrogen functional groups attached to an aromatic ring is 1. The van der Waals surface area contributed by atoms with Crippen LogP contribution in [0.15, 0.2) is 42.7 Å². The van der Waals surface area contributed by atoms with Gasteiger partial charge < -0.3 is 11.1 Å². The maximum Gasteiger partial charge on any atom is 0.131 e. The Morgan fingerprint density at radius 1 is 1.19 bits per heavy atom. The van der Waals surface area contributed by atoms with E-state index in [9.17, 15) is 0 Å². The molecule has 0 aliphatic heterocycles. The first kappa shape index (κ1) is 10.4. The lowest BCUT2D eigenvalue weighted by Gasteiger charge is -2.14. The lowest BCUT2D eigenvalue weighted by atomic mass is 10.1. The summed E-state index contributed by atoms with van der Waals surface area (Å²) in [6, 6.07) is 12.1. The first-order valence-corrected chi connectivity index (χ1v) is 5.15. The molecule has 1 aromatic carbocycles. The summed E-state index contributed by atoms with van der Waals surface area (Å²) in [7, 11) is 0. The van der Waals surface area contributed by atoms with Crippen molar-refractivity contribution in [3.63, 3.8) is 0 Å². The molecule has 0 saturated heterocycles. The molecule has 1 unspecified atom stereocenters. The Bertz CT molecular complexity index is 456. The van der Waals surface area contributed by atoms with Crippen LogP contribution in [0.2, 0.25) is 0 Å². The number of hydrogen-bond donors (Lipinski definition) is 2. The van der Waals surface area contributed by atoms with Gasteiger partial charge in [-0.3, -0.25) is 0 Å². The molecule has 4 nitrogen and oxygen atoms in total. The Morgan fingerprint density at radius 2 is 1.94 bits per heavy atom. The standard InChI is InChI=1S/C12H14N4/c1-9(10-5-3-2-4-6-10)16-12-7-11(13)14-8-15-12/h2-9H,1H3,(H3,13,14,15,16). The van der Waals surface area contributed by atoms with Crippen LogP contribution in [0.3, 0.4) is 0 Å². The summed E-state index contributed by atoms with van der Waals surface area (Å²) in [6.45, 7) is 2.08. The highest BCUT2D eigenvalue weighted by molar-refractivity contribution is 5.45. The minimum Gasteiger partial charge on any atom is -0.384 e. The highest BCUT2D eigenvalue weighted by atomic mass is 15.0. The van der Waals surface area contributed by atoms with Crippen molar-refractivity contribution >= 4 is 11.6 Å². The maximum atomic E-state index is 5.58. The number of aromatic nitrogens is 2. The summed E-state index contributed by atoms with van der Waals surface area (Å²) >= 11 is 0. The molecule has 4 heteroatoms. The smallest absolute Gasteiger partial charge is 0.131 e. The number of anilines is 2. The van der Waals surface area contributed by atoms with Crippen LogP contribution in [-0.4, -0.2) is 9.97 Å². The van der Waals surface area contributed by atoms with Gasteiger partial charge in [0.2, 0.25) is 0 Å². The predicted octanol–water partition coefficient (Wildman–Crippen LogP) is 2.23. The van der Waals surface area contributed by atoms with Gasteiger partial charge in [0.05, 0.1) is 0 Å². The first-order chi connectivity index (χ1) is 7.75. The molecular formula is C12H14N4. The van der Waals surface area contributed by atoms with Crippen LogP contribution in [0.25, 0.3) is 0 Å². The summed E-state index contributed by atoms with van der Waals surface area (Å²) in [6.07, 6.45) is 1.45. The molecule has 0 spiro atoms. The molecule has 1 heterocycles. The molecule has 0 aliphatic rings. The lowest BCUT2D eigenvalue weighted by molar-refractivity contribution is 0.872. The van der Waals surface area contributed by atoms with Gasteiger partial charge in [-0.1, -0.05) is 30.3 Å². The zero-order chi connectivity index (χ0) is 11.4. The van der Waals surface area contributed by atoms with E-state index in [0.717, 1.165) is 5.82 Å². The Balaban J connectivity index is 2.11. The summed E-state index contributed by atoms with van der Waals surface area (Å²) in [5, 5.41) is 3.27. The van der Waals surface area contributed by atoms with E-state index in [4.69, 9.17) is 5.73 Å². The van der Waals surface area contributed by atoms with Crippen LogP contribution in [0.4, 0.5) is 11.6 Å². The van der Waals surface area contributed by atoms with Crippen LogP contribution in [-0.2, 0) is 0 Å². The number of rotatable bonds is 3. The van der Waals surface area contributed by atoms with E-state index < -0.39 is 0 Å². The second-order valence-corrected chi connectivity index (χ2v) is 3.60. The van der Waals surface area contributed by atoms with Gasteiger partial charge >= 0.3 is 0 Å². The molecule has 1 aromatic heterocycles. The summed E-state index contributed by atoms with van der Waals surface area (Å²) in [5.74, 6) is 1.21. The van der Waals surface area contributed by atoms with Gasteiger partial charge in [-0.05, 0) is 12.5 Å². The number of nitrogens with two attached hydrogens (primary N) is 1. The zero-order valence-corrected chi connectivity index (χ0v) is 9.09. The Labute approximate surface area is 94.5 Å². The highest BCUT2D eigenvalue weighted by Crippen LogP contribution is 2.17. The van der Waals surface area contributed by atoms with Gasteiger partial charge in [-0.25, -0.2) is 9.97 Å². The van der Waals surface area contributed by atoms with Crippen molar-refractivity contribution in [2.75, 3.05) is 11.1 Å². The minimum absolute atomic E-state index is 0.190. The van der Waals surface area contributed by atoms with Gasteiger partial charge in [0, 0.05) is 12.1 Å². The topological polar surface area (TPSA) is 63.8 Å². The fraction of sp³-hybridized carbons (Fsp3) is 0.167. The van der Waals surface area contributed by atoms with Crippen molar-refractivity contribution in [3.8, 4) is 0 Å². The normalized spacial score (nSPS) is 12.1. The van der Waals surface area contributed by atoms with Crippen molar-refractivity contribution < 1.29 is 0 Å². The number of nitrogens with one attached hydrogen (secondary N) is 1. The SMILES string of the molecule is CC(Nc1cc(N)ncn1)c1ccccc1. The van der Waals surface area contributed by atoms with E-state index in [-0.39, 0.29) is 6.04 Å². The fourth-order valence-corrected chi connectivity index (χ4v) is 1.50. The largest absolute Gasteiger partial charge is 0.384 e. The molecule has 2 rings (SSSR count). The van der Waals surface area contributed by atoms with E-state index >= 15 is 0 Å². The average Bonchev–Trinajstić information content (AvgIpc) is 2.30. The fourth-order valence-electron chi connectivity index (χ4n) is 1.50. The van der Waals surface area contributed by atoms with Crippen LogP contribution in [0.5, 0.6) is 0 Å². The first-order valence-electron chi connectivity index (χ1n) is 5.15. The quantitative estimate of drug-likeness (QED) is 0.822. The third-order valence-electron chi connectivity index (χ3n) is 2.35. The van der Waals surface area contributed by atoms with Crippen LogP contribution < -0.4 is 11.1 Å². The Morgan fingerprint density at radius 3 is 2.62 bits per heavy atom. The van der Waals surface area contributed by atoms with Crippen molar-refractivity contribution in [1.29, 1.82) is 0 Å². The van der Waals surface area contributed by atoms with Crippen molar-refractivity contribution in [2.24, 2.45) is 0 Å². The van der Waals surface area contributed by atoms with Crippen LogP contribution >= 0.6 is 0 Å². The predicted molar refractivity (Wildman–Crippen MR) is 64.9 cm³/mol. The van der Waals surface area contributed by atoms with Crippen molar-refractivity contribution in [1.82, 2.24) is 9.97 Å². The molecule has 0 radical (unpaired) electrons. The van der Waals surface area contributed by atoms with E-state index in [0.29, 0.717) is 5.82 Å². The number of nitrogens with zero attached hydrogens (tertiary/aromatic N) is 2. The molecule has 82 valence electrons. The van der Waals surface area contributed by atoms with Crippen LogP contribution in [0, 0.1) is 0 Å². The van der Waals surface area contributed by atoms with Gasteiger partial charge in [0.25, 0.3) is 0 Å². The van der Waals surface area contributed by atoms with Crippen molar-refractivity contribution in [2.45, 2.75) is 13.0 Å².